The summed E-state index contributed by atoms with van der Waals surface area (Å²) in [5, 5.41) is 3.49. The predicted molar refractivity (Wildman–Crippen MR) is 99.0 cm³/mol. The molecule has 0 aliphatic heterocycles. The minimum Gasteiger partial charge on any atom is -0.458 e. The molecule has 24 heavy (non-hydrogen) atoms. The van der Waals surface area contributed by atoms with Gasteiger partial charge in [-0.3, -0.25) is 4.79 Å². The fourth-order valence-corrected chi connectivity index (χ4v) is 4.08. The molecule has 1 fully saturated rings. The van der Waals surface area contributed by atoms with Crippen LogP contribution in [0.4, 0.5) is 0 Å². The Hall–Kier alpha value is -1.61. The third kappa shape index (κ3) is 4.47. The molecule has 3 atom stereocenters. The monoisotopic (exact) mass is 329 g/mol. The molecule has 1 aromatic rings. The zero-order valence-corrected chi connectivity index (χ0v) is 15.1. The van der Waals surface area contributed by atoms with E-state index in [2.05, 4.69) is 43.1 Å². The van der Waals surface area contributed by atoms with Crippen molar-refractivity contribution in [2.75, 3.05) is 13.1 Å². The van der Waals surface area contributed by atoms with Gasteiger partial charge in [0.05, 0.1) is 0 Å². The van der Waals surface area contributed by atoms with Gasteiger partial charge in [0.1, 0.15) is 5.60 Å². The van der Waals surface area contributed by atoms with Gasteiger partial charge in [-0.1, -0.05) is 49.8 Å². The molecule has 0 spiro atoms. The van der Waals surface area contributed by atoms with Gasteiger partial charge < -0.3 is 10.1 Å². The number of hydrogen-bond acceptors (Lipinski definition) is 3. The van der Waals surface area contributed by atoms with E-state index in [-0.39, 0.29) is 17.8 Å². The molecule has 0 aromatic heterocycles. The molecule has 2 rings (SSSR count). The Morgan fingerprint density at radius 2 is 2.17 bits per heavy atom. The second-order valence-corrected chi connectivity index (χ2v) is 6.94. The predicted octanol–water partition coefficient (Wildman–Crippen LogP) is 4.45. The van der Waals surface area contributed by atoms with Crippen LogP contribution in [0.2, 0.25) is 0 Å². The zero-order chi connectivity index (χ0) is 17.4. The number of benzene rings is 1. The zero-order valence-electron chi connectivity index (χ0n) is 15.1. The van der Waals surface area contributed by atoms with Crippen LogP contribution in [0.1, 0.15) is 57.4 Å². The molecule has 132 valence electrons. The lowest BCUT2D eigenvalue weighted by Crippen LogP contribution is -2.51. The number of nitrogens with one attached hydrogen (secondary N) is 1. The van der Waals surface area contributed by atoms with Crippen molar-refractivity contribution in [3.8, 4) is 0 Å². The van der Waals surface area contributed by atoms with Crippen molar-refractivity contribution < 1.29 is 9.53 Å². The molecule has 3 heteroatoms. The maximum absolute atomic E-state index is 11.9. The Morgan fingerprint density at radius 3 is 2.83 bits per heavy atom. The van der Waals surface area contributed by atoms with Crippen LogP contribution < -0.4 is 5.32 Å². The Labute approximate surface area is 146 Å². The summed E-state index contributed by atoms with van der Waals surface area (Å²) in [5.41, 5.74) is 0.878. The first kappa shape index (κ1) is 18.7. The quantitative estimate of drug-likeness (QED) is 0.435. The summed E-state index contributed by atoms with van der Waals surface area (Å²) in [6, 6.07) is 10.5. The fourth-order valence-electron chi connectivity index (χ4n) is 4.08. The van der Waals surface area contributed by atoms with E-state index in [9.17, 15) is 4.79 Å². The first-order chi connectivity index (χ1) is 11.6. The Kier molecular flexibility index (Phi) is 7.04. The lowest BCUT2D eigenvalue weighted by atomic mass is 9.66. The van der Waals surface area contributed by atoms with E-state index >= 15 is 0 Å². The van der Waals surface area contributed by atoms with Gasteiger partial charge in [-0.15, -0.1) is 6.58 Å². The van der Waals surface area contributed by atoms with E-state index in [1.54, 1.807) is 0 Å². The average molecular weight is 329 g/mol. The maximum Gasteiger partial charge on any atom is 0.303 e. The molecule has 0 heterocycles. The van der Waals surface area contributed by atoms with Crippen LogP contribution in [0.5, 0.6) is 0 Å². The van der Waals surface area contributed by atoms with Crippen LogP contribution in [0.15, 0.2) is 43.0 Å². The van der Waals surface area contributed by atoms with E-state index in [4.69, 9.17) is 4.74 Å². The number of esters is 1. The van der Waals surface area contributed by atoms with Gasteiger partial charge in [-0.2, -0.15) is 0 Å². The molecule has 0 bridgehead atoms. The molecule has 1 N–H and O–H groups in total. The molecular weight excluding hydrogens is 298 g/mol. The normalized spacial score (nSPS) is 25.0. The minimum atomic E-state index is -0.410. The van der Waals surface area contributed by atoms with E-state index in [1.807, 2.05) is 12.1 Å². The van der Waals surface area contributed by atoms with Crippen molar-refractivity contribution in [2.24, 2.45) is 5.92 Å². The van der Waals surface area contributed by atoms with Crippen LogP contribution in [-0.4, -0.2) is 24.7 Å². The summed E-state index contributed by atoms with van der Waals surface area (Å²) in [6.07, 6.45) is 7.21. The van der Waals surface area contributed by atoms with E-state index in [0.29, 0.717) is 0 Å². The summed E-state index contributed by atoms with van der Waals surface area (Å²) in [4.78, 5) is 11.9. The van der Waals surface area contributed by atoms with Gasteiger partial charge in [0.15, 0.2) is 0 Å². The molecular formula is C21H31NO2. The molecule has 3 unspecified atom stereocenters. The van der Waals surface area contributed by atoms with Gasteiger partial charge in [-0.05, 0) is 37.8 Å². The third-order valence-corrected chi connectivity index (χ3v) is 5.25. The Bertz CT molecular complexity index is 528. The second kappa shape index (κ2) is 9.03. The van der Waals surface area contributed by atoms with Crippen LogP contribution in [0.3, 0.4) is 0 Å². The van der Waals surface area contributed by atoms with Crippen LogP contribution in [0, 0.1) is 5.92 Å². The molecule has 3 nitrogen and oxygen atoms in total. The van der Waals surface area contributed by atoms with Crippen LogP contribution in [-0.2, 0) is 9.53 Å². The molecule has 1 saturated carbocycles. The summed E-state index contributed by atoms with van der Waals surface area (Å²) in [5.74, 6) is 0.361. The SMILES string of the molecule is C=CCCNCC(C)C1(OC(C)=O)CCCCC1c1ccccc1. The van der Waals surface area contributed by atoms with Gasteiger partial charge in [0.25, 0.3) is 0 Å². The highest BCUT2D eigenvalue weighted by Gasteiger charge is 2.48. The van der Waals surface area contributed by atoms with Crippen molar-refractivity contribution in [3.63, 3.8) is 0 Å². The maximum atomic E-state index is 11.9. The van der Waals surface area contributed by atoms with Crippen molar-refractivity contribution in [2.45, 2.75) is 57.5 Å². The van der Waals surface area contributed by atoms with E-state index in [1.165, 1.54) is 18.9 Å². The van der Waals surface area contributed by atoms with Gasteiger partial charge in [0.2, 0.25) is 0 Å². The minimum absolute atomic E-state index is 0.171. The van der Waals surface area contributed by atoms with Crippen molar-refractivity contribution in [1.82, 2.24) is 5.32 Å². The van der Waals surface area contributed by atoms with Crippen molar-refractivity contribution >= 4 is 5.97 Å². The third-order valence-electron chi connectivity index (χ3n) is 5.25. The highest BCUT2D eigenvalue weighted by atomic mass is 16.6. The number of rotatable bonds is 8. The molecule has 1 aliphatic carbocycles. The highest BCUT2D eigenvalue weighted by molar-refractivity contribution is 5.67. The second-order valence-electron chi connectivity index (χ2n) is 6.94. The number of ether oxygens (including phenoxy) is 1. The van der Waals surface area contributed by atoms with Gasteiger partial charge >= 0.3 is 5.97 Å². The molecule has 1 aromatic carbocycles. The molecule has 0 radical (unpaired) electrons. The first-order valence-corrected chi connectivity index (χ1v) is 9.16. The van der Waals surface area contributed by atoms with E-state index < -0.39 is 5.60 Å². The molecule has 0 amide bonds. The van der Waals surface area contributed by atoms with Crippen LogP contribution >= 0.6 is 0 Å². The lowest BCUT2D eigenvalue weighted by Gasteiger charge is -2.47. The standard InChI is InChI=1S/C21H31NO2/c1-4-5-15-22-16-17(2)21(24-18(3)23)14-10-9-13-20(21)19-11-7-6-8-12-19/h4,6-8,11-12,17,20,22H,1,5,9-10,13-16H2,2-3H3. The largest absolute Gasteiger partial charge is 0.458 e. The van der Waals surface area contributed by atoms with E-state index in [0.717, 1.165) is 38.8 Å². The van der Waals surface area contributed by atoms with Crippen molar-refractivity contribution in [1.29, 1.82) is 0 Å². The van der Waals surface area contributed by atoms with Gasteiger partial charge in [0, 0.05) is 25.3 Å². The number of hydrogen-bond donors (Lipinski definition) is 1. The van der Waals surface area contributed by atoms with Gasteiger partial charge in [-0.25, -0.2) is 0 Å². The summed E-state index contributed by atoms with van der Waals surface area (Å²) >= 11 is 0. The van der Waals surface area contributed by atoms with Crippen LogP contribution in [0.25, 0.3) is 0 Å². The average Bonchev–Trinajstić information content (AvgIpc) is 2.59. The summed E-state index contributed by atoms with van der Waals surface area (Å²) in [6.45, 7) is 9.28. The number of carbonyl (C=O) groups excluding carboxylic acids is 1. The Morgan fingerprint density at radius 1 is 1.42 bits per heavy atom. The van der Waals surface area contributed by atoms with Crippen molar-refractivity contribution in [3.05, 3.63) is 48.6 Å². The topological polar surface area (TPSA) is 38.3 Å². The fraction of sp³-hybridized carbons (Fsp3) is 0.571. The smallest absolute Gasteiger partial charge is 0.303 e. The number of carbonyl (C=O) groups is 1. The first-order valence-electron chi connectivity index (χ1n) is 9.16. The summed E-state index contributed by atoms with van der Waals surface area (Å²) < 4.78 is 6.07. The summed E-state index contributed by atoms with van der Waals surface area (Å²) in [7, 11) is 0. The molecule has 0 saturated heterocycles. The highest BCUT2D eigenvalue weighted by Crippen LogP contribution is 2.47. The lowest BCUT2D eigenvalue weighted by molar-refractivity contribution is -0.171. The molecule has 1 aliphatic rings. The Balaban J connectivity index is 2.24.